The van der Waals surface area contributed by atoms with E-state index in [0.29, 0.717) is 130 Å². The van der Waals surface area contributed by atoms with Gasteiger partial charge in [0.1, 0.15) is 86.4 Å². The minimum Gasteiger partial charge on any atom is -0.387 e. The van der Waals surface area contributed by atoms with E-state index in [-0.39, 0.29) is 64.8 Å². The van der Waals surface area contributed by atoms with Gasteiger partial charge in [0, 0.05) is 105 Å². The Hall–Kier alpha value is -11.9. The summed E-state index contributed by atoms with van der Waals surface area (Å²) in [5, 5.41) is 14.9. The van der Waals surface area contributed by atoms with Crippen molar-refractivity contribution in [3.63, 3.8) is 0 Å². The summed E-state index contributed by atoms with van der Waals surface area (Å²) in [6, 6.07) is 44.5. The molecule has 738 valence electrons. The zero-order valence-electron chi connectivity index (χ0n) is 77.1. The number of pyridine rings is 4. The summed E-state index contributed by atoms with van der Waals surface area (Å²) in [4.78, 5) is 140. The molecule has 0 bridgehead atoms. The Morgan fingerprint density at radius 2 is 0.683 bits per heavy atom. The van der Waals surface area contributed by atoms with Crippen molar-refractivity contribution in [2.45, 2.75) is 96.4 Å². The fourth-order valence-corrected chi connectivity index (χ4v) is 26.6. The van der Waals surface area contributed by atoms with E-state index >= 15 is 0 Å². The molecule has 0 saturated heterocycles. The number of carbonyl (C=O) groups is 4. The molecular formula is C96H90BrCl4N17O16S8. The molecule has 16 aromatic rings. The van der Waals surface area contributed by atoms with Gasteiger partial charge in [-0.2, -0.15) is 0 Å². The van der Waals surface area contributed by atoms with Crippen molar-refractivity contribution in [1.82, 2.24) is 63.0 Å². The van der Waals surface area contributed by atoms with Crippen LogP contribution >= 0.6 is 108 Å². The van der Waals surface area contributed by atoms with Crippen LogP contribution < -0.4 is 43.5 Å². The second-order valence-corrected chi connectivity index (χ2v) is 49.8. The van der Waals surface area contributed by atoms with Crippen LogP contribution in [0.2, 0.25) is 17.3 Å². The van der Waals surface area contributed by atoms with E-state index in [9.17, 15) is 72.0 Å². The number of benzene rings is 4. The van der Waals surface area contributed by atoms with E-state index in [0.717, 1.165) is 111 Å². The Bertz CT molecular complexity index is 8310. The van der Waals surface area contributed by atoms with Crippen molar-refractivity contribution in [2.75, 3.05) is 91.6 Å². The lowest BCUT2D eigenvalue weighted by Crippen LogP contribution is -2.23. The standard InChI is InChI=1S/C25H26ClN5O4S2.C25H23ClN4O4S2.C24H23ClN4O4S2.C22H18BrClN4O4S2/c1-16-29-21-13-18(27-10-11-30(2)3)5-6-20(21)25(33)31(16)23-8-4-17(14-28-23)12-19(32)15-37(34,35)24-9-7-22(26)36-24;1-15-29-21-11-18(27-12-16-2-3-16)5-6-20(21)25(32)30(15)23-8-4-17(13-28-23)10-19(31)14-36(33,34)24-9-7-22(26)35-24;1-3-10-26-17-5-6-19-20(12-17)28-15(2)29(24(19)31)22-8-4-16(13-27-22)11-18(30)14-35(32,33)23-9-7-21(25)34-23;1-12-27-17-9-18(25-2)16(23)8-15(17)22(30)28(12)20-5-3-13(10-26-20)7-14(29)11-34(31,32)21-6-4-19(24)33-21/h4-9,13-14,27H,10-12,15H2,1-3H3;4-9,11,13,16,27H,2-3,10,12,14H2,1H3;4-9,12-13,26H,3,10-11,14H2,1-2H3;3-6,8-10,25H,7,11H2,1-2H3. The zero-order chi connectivity index (χ0) is 102. The number of hydrogen-bond acceptors (Lipinski definition) is 33. The maximum Gasteiger partial charge on any atom is 0.267 e. The van der Waals surface area contributed by atoms with Crippen LogP contribution in [0.15, 0.2) is 229 Å². The number of sulfone groups is 4. The third-order valence-electron chi connectivity index (χ3n) is 21.8. The van der Waals surface area contributed by atoms with E-state index in [1.165, 1.54) is 104 Å². The van der Waals surface area contributed by atoms with Gasteiger partial charge in [-0.3, -0.25) is 38.4 Å². The molecule has 12 heterocycles. The molecule has 0 spiro atoms. The number of likely N-dealkylation sites (N-methyl/N-ethyl adjacent to an activating group) is 1. The molecule has 4 aromatic carbocycles. The van der Waals surface area contributed by atoms with E-state index < -0.39 is 85.5 Å². The lowest BCUT2D eigenvalue weighted by Gasteiger charge is -2.13. The molecule has 0 atom stereocenters. The molecule has 142 heavy (non-hydrogen) atoms. The minimum atomic E-state index is -3.75. The Morgan fingerprint density at radius 3 is 0.944 bits per heavy atom. The SMILES string of the molecule is CCCNc1ccc2c(=O)n(-c3ccc(CC(=O)CS(=O)(=O)c4ccc(Cl)s4)cn3)c(C)nc2c1.CNc1cc2nc(C)n(-c3ccc(CC(=O)CS(=O)(=O)c4ccc(Cl)s4)cn3)c(=O)c2cc1Br.Cc1nc2cc(NCC3CC3)ccc2c(=O)n1-c1ccc(CC(=O)CS(=O)(=O)c2ccc(Cl)s2)cn1.Cc1nc2cc(NCCN(C)C)ccc2c(=O)n1-c1ccc(CC(=O)CS(=O)(=O)c2ccc(Cl)s2)cn1. The van der Waals surface area contributed by atoms with E-state index in [2.05, 4.69) is 88.9 Å². The van der Waals surface area contributed by atoms with Gasteiger partial charge < -0.3 is 26.2 Å². The Labute approximate surface area is 859 Å². The summed E-state index contributed by atoms with van der Waals surface area (Å²) in [6.45, 7) is 12.4. The fourth-order valence-electron chi connectivity index (χ4n) is 14.8. The number of carbonyl (C=O) groups excluding carboxylic acids is 4. The summed E-state index contributed by atoms with van der Waals surface area (Å²) in [6.07, 6.45) is 8.98. The summed E-state index contributed by atoms with van der Waals surface area (Å²) in [5.41, 5.74) is 7.07. The molecule has 12 aromatic heterocycles. The van der Waals surface area contributed by atoms with Crippen molar-refractivity contribution in [1.29, 1.82) is 0 Å². The number of aromatic nitrogens is 12. The number of Topliss-reactive ketones (excluding diaryl/α,β-unsaturated/α-hetero) is 4. The molecule has 1 aliphatic carbocycles. The average molecular weight is 2220 g/mol. The highest BCUT2D eigenvalue weighted by molar-refractivity contribution is 9.10. The van der Waals surface area contributed by atoms with Crippen LogP contribution in [0, 0.1) is 33.6 Å². The molecule has 0 amide bonds. The number of ketones is 4. The van der Waals surface area contributed by atoms with Gasteiger partial charge in [-0.25, -0.2) is 91.8 Å². The number of thiophene rings is 4. The fraction of sp³-hybridized carbons (Fsp3) is 0.250. The first-order valence-electron chi connectivity index (χ1n) is 43.7. The monoisotopic (exact) mass is 2210 g/mol. The smallest absolute Gasteiger partial charge is 0.267 e. The Balaban J connectivity index is 0.000000150. The molecule has 0 aliphatic heterocycles. The number of nitrogens with one attached hydrogen (secondary N) is 4. The van der Waals surface area contributed by atoms with Crippen molar-refractivity contribution in [3.8, 4) is 23.3 Å². The van der Waals surface area contributed by atoms with Crippen LogP contribution in [0.5, 0.6) is 0 Å². The van der Waals surface area contributed by atoms with Crippen LogP contribution in [0.25, 0.3) is 66.9 Å². The minimum absolute atomic E-state index is 0.0615. The molecule has 33 nitrogen and oxygen atoms in total. The van der Waals surface area contributed by atoms with E-state index in [1.807, 2.05) is 50.5 Å². The Morgan fingerprint density at radius 1 is 0.394 bits per heavy atom. The third-order valence-corrected chi connectivity index (χ3v) is 36.5. The van der Waals surface area contributed by atoms with Gasteiger partial charge in [-0.05, 0) is 245 Å². The highest BCUT2D eigenvalue weighted by Crippen LogP contribution is 2.34. The molecular weight excluding hydrogens is 2130 g/mol. The average Bonchev–Trinajstić information content (AvgIpc) is 1.12. The van der Waals surface area contributed by atoms with Crippen LogP contribution in [-0.2, 0) is 84.2 Å². The van der Waals surface area contributed by atoms with Gasteiger partial charge in [0.15, 0.2) is 62.5 Å². The number of anilines is 4. The molecule has 1 aliphatic rings. The third kappa shape index (κ3) is 26.6. The van der Waals surface area contributed by atoms with Gasteiger partial charge in [0.25, 0.3) is 22.2 Å². The van der Waals surface area contributed by atoms with Crippen molar-refractivity contribution >= 4 is 237 Å². The van der Waals surface area contributed by atoms with Crippen molar-refractivity contribution < 1.29 is 52.8 Å². The largest absolute Gasteiger partial charge is 0.387 e. The Kier molecular flexibility index (Phi) is 34.2. The summed E-state index contributed by atoms with van der Waals surface area (Å²) in [5.74, 6) is -0.237. The maximum atomic E-state index is 13.2. The molecule has 1 saturated carbocycles. The molecule has 46 heteroatoms. The van der Waals surface area contributed by atoms with Crippen molar-refractivity contribution in [3.05, 3.63) is 297 Å². The van der Waals surface area contributed by atoms with Gasteiger partial charge in [0.2, 0.25) is 0 Å². The number of fused-ring (bicyclic) bond motifs is 4. The van der Waals surface area contributed by atoms with Gasteiger partial charge in [-0.1, -0.05) is 77.6 Å². The van der Waals surface area contributed by atoms with E-state index in [4.69, 9.17) is 46.4 Å². The maximum absolute atomic E-state index is 13.2. The second-order valence-electron chi connectivity index (χ2n) is 33.2. The second kappa shape index (κ2) is 45.8. The molecule has 17 rings (SSSR count). The van der Waals surface area contributed by atoms with Crippen LogP contribution in [0.1, 0.15) is 71.7 Å². The van der Waals surface area contributed by atoms with Gasteiger partial charge >= 0.3 is 0 Å². The number of halogens is 5. The first kappa shape index (κ1) is 106. The van der Waals surface area contributed by atoms with Crippen LogP contribution in [0.4, 0.5) is 22.7 Å². The molecule has 4 N–H and O–H groups in total. The predicted molar refractivity (Wildman–Crippen MR) is 564 cm³/mol. The zero-order valence-corrected chi connectivity index (χ0v) is 88.2. The summed E-state index contributed by atoms with van der Waals surface area (Å²) < 4.78 is 107. The highest BCUT2D eigenvalue weighted by Gasteiger charge is 2.29. The number of rotatable bonds is 35. The van der Waals surface area contributed by atoms with Crippen LogP contribution in [0.3, 0.4) is 0 Å². The first-order valence-corrected chi connectivity index (χ1v) is 55.8. The summed E-state index contributed by atoms with van der Waals surface area (Å²) >= 11 is 30.4. The van der Waals surface area contributed by atoms with Crippen molar-refractivity contribution in [2.24, 2.45) is 5.92 Å². The topological polar surface area (TPSA) is 447 Å². The predicted octanol–water partition coefficient (Wildman–Crippen LogP) is 16.0. The van der Waals surface area contributed by atoms with Gasteiger partial charge in [0.05, 0.1) is 66.6 Å². The molecule has 0 radical (unpaired) electrons. The molecule has 0 unspecified atom stereocenters. The van der Waals surface area contributed by atoms with Crippen LogP contribution in [-0.4, -0.2) is 190 Å². The normalized spacial score (nSPS) is 12.2. The number of nitrogens with zero attached hydrogens (tertiary/aromatic N) is 13. The number of hydrogen-bond donors (Lipinski definition) is 4. The lowest BCUT2D eigenvalue weighted by molar-refractivity contribution is -0.116. The van der Waals surface area contributed by atoms with Gasteiger partial charge in [-0.15, -0.1) is 45.3 Å². The highest BCUT2D eigenvalue weighted by atomic mass is 79.9. The van der Waals surface area contributed by atoms with E-state index in [1.54, 1.807) is 114 Å². The quantitative estimate of drug-likeness (QED) is 0.0286. The number of aryl methyl sites for hydroxylation is 4. The molecule has 1 fully saturated rings. The summed E-state index contributed by atoms with van der Waals surface area (Å²) in [7, 11) is -9.20. The first-order chi connectivity index (χ1) is 67.5. The lowest BCUT2D eigenvalue weighted by atomic mass is 10.1.